The van der Waals surface area contributed by atoms with Crippen molar-refractivity contribution >= 4 is 0 Å². The Morgan fingerprint density at radius 3 is 2.52 bits per heavy atom. The summed E-state index contributed by atoms with van der Waals surface area (Å²) in [4.78, 5) is 0. The second-order valence-electron chi connectivity index (χ2n) is 6.23. The van der Waals surface area contributed by atoms with E-state index in [1.807, 2.05) is 0 Å². The molecule has 1 aromatic heterocycles. The van der Waals surface area contributed by atoms with Crippen molar-refractivity contribution in [1.82, 2.24) is 15.1 Å². The molecule has 0 amide bonds. The second kappa shape index (κ2) is 6.02. The summed E-state index contributed by atoms with van der Waals surface area (Å²) in [7, 11) is 0. The molecule has 1 aliphatic carbocycles. The number of aryl methyl sites for hydroxylation is 2. The lowest BCUT2D eigenvalue weighted by atomic mass is 10.1. The largest absolute Gasteiger partial charge is 0.314 e. The third kappa shape index (κ3) is 3.35. The molecule has 1 fully saturated rings. The van der Waals surface area contributed by atoms with E-state index < -0.39 is 0 Å². The van der Waals surface area contributed by atoms with Gasteiger partial charge in [0, 0.05) is 11.7 Å². The van der Waals surface area contributed by atoms with Crippen molar-refractivity contribution in [3.05, 3.63) is 46.8 Å². The molecule has 0 aliphatic heterocycles. The van der Waals surface area contributed by atoms with E-state index in [2.05, 4.69) is 55.0 Å². The first-order valence-electron chi connectivity index (χ1n) is 8.00. The molecule has 0 radical (unpaired) electrons. The smallest absolute Gasteiger partial charge is 0.0649 e. The van der Waals surface area contributed by atoms with Crippen molar-refractivity contribution in [1.29, 1.82) is 0 Å². The van der Waals surface area contributed by atoms with Gasteiger partial charge in [-0.3, -0.25) is 0 Å². The Hall–Kier alpha value is -1.61. The fourth-order valence-electron chi connectivity index (χ4n) is 2.83. The van der Waals surface area contributed by atoms with Gasteiger partial charge in [0.1, 0.15) is 0 Å². The number of hydrogen-bond donors (Lipinski definition) is 1. The molecule has 3 nitrogen and oxygen atoms in total. The molecule has 1 N–H and O–H groups in total. The van der Waals surface area contributed by atoms with Crippen LogP contribution in [0.2, 0.25) is 0 Å². The normalized spacial score (nSPS) is 14.6. The van der Waals surface area contributed by atoms with Crippen molar-refractivity contribution in [3.63, 3.8) is 0 Å². The molecule has 0 spiro atoms. The van der Waals surface area contributed by atoms with E-state index in [9.17, 15) is 0 Å². The number of nitrogens with zero attached hydrogens (tertiary/aromatic N) is 2. The Labute approximate surface area is 127 Å². The fourth-order valence-corrected chi connectivity index (χ4v) is 2.83. The van der Waals surface area contributed by atoms with Gasteiger partial charge in [-0.2, -0.15) is 5.10 Å². The van der Waals surface area contributed by atoms with E-state index in [0.29, 0.717) is 0 Å². The topological polar surface area (TPSA) is 29.9 Å². The minimum Gasteiger partial charge on any atom is -0.314 e. The van der Waals surface area contributed by atoms with Gasteiger partial charge in [0.25, 0.3) is 0 Å². The molecular formula is C18H25N3. The zero-order valence-electron chi connectivity index (χ0n) is 13.3. The van der Waals surface area contributed by atoms with E-state index in [-0.39, 0.29) is 0 Å². The van der Waals surface area contributed by atoms with Crippen LogP contribution in [-0.2, 0) is 6.42 Å². The molecule has 0 bridgehead atoms. The van der Waals surface area contributed by atoms with Gasteiger partial charge in [-0.15, -0.1) is 0 Å². The molecular weight excluding hydrogens is 258 g/mol. The molecule has 112 valence electrons. The van der Waals surface area contributed by atoms with Crippen LogP contribution in [0.25, 0.3) is 5.69 Å². The highest BCUT2D eigenvalue weighted by Gasteiger charge is 2.19. The molecule has 1 aromatic carbocycles. The molecule has 1 saturated carbocycles. The molecule has 21 heavy (non-hydrogen) atoms. The van der Waals surface area contributed by atoms with Crippen LogP contribution in [0.3, 0.4) is 0 Å². The van der Waals surface area contributed by atoms with Gasteiger partial charge in [-0.05, 0) is 70.7 Å². The zero-order chi connectivity index (χ0) is 14.8. The summed E-state index contributed by atoms with van der Waals surface area (Å²) in [6.45, 7) is 7.55. The Morgan fingerprint density at radius 1 is 1.14 bits per heavy atom. The van der Waals surface area contributed by atoms with Crippen molar-refractivity contribution in [3.8, 4) is 5.69 Å². The highest BCUT2D eigenvalue weighted by molar-refractivity contribution is 5.38. The Bertz CT molecular complexity index is 606. The van der Waals surface area contributed by atoms with Crippen molar-refractivity contribution in [2.75, 3.05) is 6.54 Å². The summed E-state index contributed by atoms with van der Waals surface area (Å²) in [5.41, 5.74) is 6.30. The van der Waals surface area contributed by atoms with Gasteiger partial charge in [0.2, 0.25) is 0 Å². The SMILES string of the molecule is Cc1ccc(-n2nc(C)c(CCCNC3CC3)c2C)cc1. The van der Waals surface area contributed by atoms with E-state index in [4.69, 9.17) is 5.10 Å². The predicted octanol–water partition coefficient (Wildman–Crippen LogP) is 3.48. The third-order valence-corrected chi connectivity index (χ3v) is 4.33. The summed E-state index contributed by atoms with van der Waals surface area (Å²) in [6, 6.07) is 9.39. The summed E-state index contributed by atoms with van der Waals surface area (Å²) in [5, 5.41) is 8.32. The van der Waals surface area contributed by atoms with E-state index in [0.717, 1.165) is 24.7 Å². The Kier molecular flexibility index (Phi) is 4.11. The average Bonchev–Trinajstić information content (AvgIpc) is 3.25. The van der Waals surface area contributed by atoms with Crippen LogP contribution >= 0.6 is 0 Å². The first-order chi connectivity index (χ1) is 10.1. The third-order valence-electron chi connectivity index (χ3n) is 4.33. The number of aromatic nitrogens is 2. The maximum atomic E-state index is 4.73. The zero-order valence-corrected chi connectivity index (χ0v) is 13.3. The van der Waals surface area contributed by atoms with Crippen molar-refractivity contribution in [2.24, 2.45) is 0 Å². The summed E-state index contributed by atoms with van der Waals surface area (Å²) >= 11 is 0. The van der Waals surface area contributed by atoms with Gasteiger partial charge >= 0.3 is 0 Å². The molecule has 1 heterocycles. The first kappa shape index (κ1) is 14.3. The van der Waals surface area contributed by atoms with Crippen LogP contribution in [0.4, 0.5) is 0 Å². The average molecular weight is 283 g/mol. The molecule has 1 aliphatic rings. The quantitative estimate of drug-likeness (QED) is 0.823. The predicted molar refractivity (Wildman–Crippen MR) is 87.1 cm³/mol. The van der Waals surface area contributed by atoms with Gasteiger partial charge in [-0.1, -0.05) is 17.7 Å². The monoisotopic (exact) mass is 283 g/mol. The molecule has 0 atom stereocenters. The lowest BCUT2D eigenvalue weighted by Gasteiger charge is -2.06. The second-order valence-corrected chi connectivity index (χ2v) is 6.23. The highest BCUT2D eigenvalue weighted by atomic mass is 15.3. The van der Waals surface area contributed by atoms with Gasteiger partial charge in [0.05, 0.1) is 11.4 Å². The number of rotatable bonds is 6. The lowest BCUT2D eigenvalue weighted by molar-refractivity contribution is 0.644. The summed E-state index contributed by atoms with van der Waals surface area (Å²) in [6.07, 6.45) is 5.04. The van der Waals surface area contributed by atoms with Crippen molar-refractivity contribution < 1.29 is 0 Å². The van der Waals surface area contributed by atoms with Crippen molar-refractivity contribution in [2.45, 2.75) is 52.5 Å². The fraction of sp³-hybridized carbons (Fsp3) is 0.500. The molecule has 2 aromatic rings. The summed E-state index contributed by atoms with van der Waals surface area (Å²) in [5.74, 6) is 0. The number of hydrogen-bond acceptors (Lipinski definition) is 2. The van der Waals surface area contributed by atoms with Crippen LogP contribution in [0.5, 0.6) is 0 Å². The van der Waals surface area contributed by atoms with E-state index in [1.165, 1.54) is 41.8 Å². The number of nitrogens with one attached hydrogen (secondary N) is 1. The molecule has 0 saturated heterocycles. The molecule has 0 unspecified atom stereocenters. The standard InChI is InChI=1S/C18H25N3/c1-13-6-10-17(11-7-13)21-15(3)18(14(2)20-21)5-4-12-19-16-8-9-16/h6-7,10-11,16,19H,4-5,8-9,12H2,1-3H3. The van der Waals surface area contributed by atoms with Crippen LogP contribution in [0.15, 0.2) is 24.3 Å². The van der Waals surface area contributed by atoms with Crippen LogP contribution < -0.4 is 5.32 Å². The maximum Gasteiger partial charge on any atom is 0.0649 e. The lowest BCUT2D eigenvalue weighted by Crippen LogP contribution is -2.18. The molecule has 3 heteroatoms. The Balaban J connectivity index is 1.70. The van der Waals surface area contributed by atoms with Crippen LogP contribution in [0.1, 0.15) is 41.8 Å². The van der Waals surface area contributed by atoms with E-state index >= 15 is 0 Å². The highest BCUT2D eigenvalue weighted by Crippen LogP contribution is 2.21. The van der Waals surface area contributed by atoms with Gasteiger partial charge in [0.15, 0.2) is 0 Å². The number of benzene rings is 1. The minimum atomic E-state index is 0.808. The maximum absolute atomic E-state index is 4.73. The minimum absolute atomic E-state index is 0.808. The molecule has 3 rings (SSSR count). The van der Waals surface area contributed by atoms with Crippen LogP contribution in [-0.4, -0.2) is 22.4 Å². The Morgan fingerprint density at radius 2 is 1.86 bits per heavy atom. The van der Waals surface area contributed by atoms with Crippen LogP contribution in [0, 0.1) is 20.8 Å². The summed E-state index contributed by atoms with van der Waals surface area (Å²) < 4.78 is 2.08. The van der Waals surface area contributed by atoms with Gasteiger partial charge in [-0.25, -0.2) is 4.68 Å². The van der Waals surface area contributed by atoms with Gasteiger partial charge < -0.3 is 5.32 Å². The first-order valence-corrected chi connectivity index (χ1v) is 8.00. The van der Waals surface area contributed by atoms with E-state index in [1.54, 1.807) is 0 Å².